The van der Waals surface area contributed by atoms with Crippen LogP contribution in [0.4, 0.5) is 0 Å². The molecular formula is C19H24N4O. The summed E-state index contributed by atoms with van der Waals surface area (Å²) in [5.41, 5.74) is 2.41. The third kappa shape index (κ3) is 2.96. The number of nitrogens with one attached hydrogen (secondary N) is 2. The Morgan fingerprint density at radius 1 is 1.33 bits per heavy atom. The number of aromatic amines is 1. The first-order valence-corrected chi connectivity index (χ1v) is 8.88. The molecule has 2 N–H and O–H groups in total. The van der Waals surface area contributed by atoms with Crippen molar-refractivity contribution in [2.24, 2.45) is 5.92 Å². The number of hydrogen-bond donors (Lipinski definition) is 2. The molecule has 0 unspecified atom stereocenters. The van der Waals surface area contributed by atoms with Gasteiger partial charge in [-0.1, -0.05) is 30.3 Å². The van der Waals surface area contributed by atoms with Gasteiger partial charge in [0.25, 0.3) is 0 Å². The van der Waals surface area contributed by atoms with E-state index in [4.69, 9.17) is 0 Å². The zero-order valence-corrected chi connectivity index (χ0v) is 13.8. The molecular weight excluding hydrogens is 300 g/mol. The predicted molar refractivity (Wildman–Crippen MR) is 92.3 cm³/mol. The Labute approximate surface area is 142 Å². The Morgan fingerprint density at radius 2 is 2.21 bits per heavy atom. The van der Waals surface area contributed by atoms with Gasteiger partial charge in [0, 0.05) is 36.9 Å². The fourth-order valence-corrected chi connectivity index (χ4v) is 4.32. The smallest absolute Gasteiger partial charge is 0.224 e. The van der Waals surface area contributed by atoms with Crippen molar-refractivity contribution in [2.75, 3.05) is 13.1 Å². The molecule has 1 amide bonds. The van der Waals surface area contributed by atoms with Gasteiger partial charge in [-0.15, -0.1) is 0 Å². The van der Waals surface area contributed by atoms with Crippen LogP contribution in [0.5, 0.6) is 0 Å². The molecule has 2 aromatic rings. The van der Waals surface area contributed by atoms with Gasteiger partial charge >= 0.3 is 0 Å². The van der Waals surface area contributed by atoms with Gasteiger partial charge in [-0.25, -0.2) is 4.98 Å². The fraction of sp³-hybridized carbons (Fsp3) is 0.474. The number of benzene rings is 1. The summed E-state index contributed by atoms with van der Waals surface area (Å²) >= 11 is 0. The number of rotatable bonds is 5. The Hall–Kier alpha value is -2.14. The van der Waals surface area contributed by atoms with Crippen molar-refractivity contribution in [3.05, 3.63) is 54.1 Å². The largest absolute Gasteiger partial charge is 0.355 e. The SMILES string of the molecule is O=C(NCCc1cnc[nH]1)[C@@H]1C[C@H](c2ccccc2)N2CCC[C@@H]12. The van der Waals surface area contributed by atoms with E-state index >= 15 is 0 Å². The number of fused-ring (bicyclic) bond motifs is 1. The van der Waals surface area contributed by atoms with Gasteiger partial charge in [0.2, 0.25) is 5.91 Å². The minimum atomic E-state index is 0.111. The molecule has 2 aliphatic heterocycles. The summed E-state index contributed by atoms with van der Waals surface area (Å²) in [4.78, 5) is 22.4. The fourth-order valence-electron chi connectivity index (χ4n) is 4.32. The molecule has 24 heavy (non-hydrogen) atoms. The van der Waals surface area contributed by atoms with Gasteiger partial charge in [-0.05, 0) is 31.4 Å². The molecule has 0 aliphatic carbocycles. The minimum absolute atomic E-state index is 0.111. The molecule has 126 valence electrons. The lowest BCUT2D eigenvalue weighted by molar-refractivity contribution is -0.125. The highest BCUT2D eigenvalue weighted by molar-refractivity contribution is 5.80. The van der Waals surface area contributed by atoms with Gasteiger partial charge in [-0.2, -0.15) is 0 Å². The lowest BCUT2D eigenvalue weighted by atomic mass is 9.93. The molecule has 1 aromatic heterocycles. The molecule has 0 saturated carbocycles. The average Bonchev–Trinajstić information content (AvgIpc) is 3.33. The van der Waals surface area contributed by atoms with Crippen molar-refractivity contribution in [1.29, 1.82) is 0 Å². The summed E-state index contributed by atoms with van der Waals surface area (Å²) in [6, 6.07) is 11.4. The summed E-state index contributed by atoms with van der Waals surface area (Å²) < 4.78 is 0. The highest BCUT2D eigenvalue weighted by Crippen LogP contribution is 2.44. The van der Waals surface area contributed by atoms with E-state index in [1.165, 1.54) is 12.0 Å². The quantitative estimate of drug-likeness (QED) is 0.887. The molecule has 2 aliphatic rings. The van der Waals surface area contributed by atoms with Crippen LogP contribution < -0.4 is 5.32 Å². The summed E-state index contributed by atoms with van der Waals surface area (Å²) in [5, 5.41) is 3.13. The van der Waals surface area contributed by atoms with Crippen molar-refractivity contribution in [3.8, 4) is 0 Å². The van der Waals surface area contributed by atoms with Gasteiger partial charge in [0.05, 0.1) is 12.2 Å². The molecule has 5 heteroatoms. The lowest BCUT2D eigenvalue weighted by Crippen LogP contribution is -2.38. The Bertz CT molecular complexity index is 670. The zero-order chi connectivity index (χ0) is 16.4. The molecule has 0 bridgehead atoms. The Morgan fingerprint density at radius 3 is 3.00 bits per heavy atom. The number of amides is 1. The van der Waals surface area contributed by atoms with E-state index in [2.05, 4.69) is 50.5 Å². The first-order valence-electron chi connectivity index (χ1n) is 8.88. The summed E-state index contributed by atoms with van der Waals surface area (Å²) in [7, 11) is 0. The summed E-state index contributed by atoms with van der Waals surface area (Å²) in [6.45, 7) is 1.78. The number of H-pyrrole nitrogens is 1. The van der Waals surface area contributed by atoms with Crippen LogP contribution in [-0.4, -0.2) is 39.9 Å². The first-order chi connectivity index (χ1) is 11.8. The van der Waals surface area contributed by atoms with Crippen molar-refractivity contribution < 1.29 is 4.79 Å². The number of carbonyl (C=O) groups excluding carboxylic acids is 1. The van der Waals surface area contributed by atoms with Crippen LogP contribution >= 0.6 is 0 Å². The van der Waals surface area contributed by atoms with Gasteiger partial charge in [0.1, 0.15) is 0 Å². The van der Waals surface area contributed by atoms with E-state index in [0.717, 1.165) is 31.5 Å². The lowest BCUT2D eigenvalue weighted by Gasteiger charge is -2.24. The molecule has 3 atom stereocenters. The van der Waals surface area contributed by atoms with Crippen LogP contribution in [0.2, 0.25) is 0 Å². The van der Waals surface area contributed by atoms with Crippen LogP contribution in [0, 0.1) is 5.92 Å². The molecule has 0 spiro atoms. The third-order valence-corrected chi connectivity index (χ3v) is 5.45. The van der Waals surface area contributed by atoms with Crippen LogP contribution in [0.3, 0.4) is 0 Å². The second kappa shape index (κ2) is 6.77. The van der Waals surface area contributed by atoms with Gasteiger partial charge in [0.15, 0.2) is 0 Å². The number of aromatic nitrogens is 2. The van der Waals surface area contributed by atoms with E-state index in [9.17, 15) is 4.79 Å². The van der Waals surface area contributed by atoms with Crippen LogP contribution in [0.1, 0.15) is 36.6 Å². The molecule has 1 aromatic carbocycles. The van der Waals surface area contributed by atoms with E-state index in [1.54, 1.807) is 6.33 Å². The molecule has 2 fully saturated rings. The van der Waals surface area contributed by atoms with Crippen LogP contribution in [-0.2, 0) is 11.2 Å². The van der Waals surface area contributed by atoms with E-state index in [0.29, 0.717) is 18.6 Å². The van der Waals surface area contributed by atoms with Crippen molar-refractivity contribution >= 4 is 5.91 Å². The Balaban J connectivity index is 1.40. The maximum atomic E-state index is 12.7. The highest BCUT2D eigenvalue weighted by atomic mass is 16.2. The summed E-state index contributed by atoms with van der Waals surface area (Å²) in [5.74, 6) is 0.323. The van der Waals surface area contributed by atoms with Crippen LogP contribution in [0.15, 0.2) is 42.9 Å². The number of imidazole rings is 1. The van der Waals surface area contributed by atoms with Gasteiger partial charge < -0.3 is 10.3 Å². The van der Waals surface area contributed by atoms with Crippen molar-refractivity contribution in [1.82, 2.24) is 20.2 Å². The van der Waals surface area contributed by atoms with Crippen molar-refractivity contribution in [2.45, 2.75) is 37.8 Å². The standard InChI is InChI=1S/C19H24N4O/c24-19(21-9-8-15-12-20-13-22-15)16-11-18(14-5-2-1-3-6-14)23-10-4-7-17(16)23/h1-3,5-6,12-13,16-18H,4,7-11H2,(H,20,22)(H,21,24)/t16-,17+,18-/m1/s1. The predicted octanol–water partition coefficient (Wildman–Crippen LogP) is 2.29. The molecule has 5 nitrogen and oxygen atoms in total. The molecule has 2 saturated heterocycles. The topological polar surface area (TPSA) is 61.0 Å². The zero-order valence-electron chi connectivity index (χ0n) is 13.8. The second-order valence-corrected chi connectivity index (χ2v) is 6.83. The van der Waals surface area contributed by atoms with Gasteiger partial charge in [-0.3, -0.25) is 9.69 Å². The maximum Gasteiger partial charge on any atom is 0.224 e. The number of nitrogens with zero attached hydrogens (tertiary/aromatic N) is 2. The third-order valence-electron chi connectivity index (χ3n) is 5.45. The van der Waals surface area contributed by atoms with Crippen LogP contribution in [0.25, 0.3) is 0 Å². The first kappa shape index (κ1) is 15.4. The number of carbonyl (C=O) groups is 1. The molecule has 4 rings (SSSR count). The maximum absolute atomic E-state index is 12.7. The molecule has 3 heterocycles. The summed E-state index contributed by atoms with van der Waals surface area (Å²) in [6.07, 6.45) is 7.56. The van der Waals surface area contributed by atoms with E-state index < -0.39 is 0 Å². The normalized spacial score (nSPS) is 26.4. The Kier molecular flexibility index (Phi) is 4.34. The van der Waals surface area contributed by atoms with Crippen molar-refractivity contribution in [3.63, 3.8) is 0 Å². The second-order valence-electron chi connectivity index (χ2n) is 6.83. The average molecular weight is 324 g/mol. The highest BCUT2D eigenvalue weighted by Gasteiger charge is 2.46. The number of hydrogen-bond acceptors (Lipinski definition) is 3. The van der Waals surface area contributed by atoms with E-state index in [-0.39, 0.29) is 11.8 Å². The molecule has 0 radical (unpaired) electrons. The minimum Gasteiger partial charge on any atom is -0.355 e. The van der Waals surface area contributed by atoms with E-state index in [1.807, 2.05) is 6.20 Å². The monoisotopic (exact) mass is 324 g/mol.